The molecule has 0 saturated carbocycles. The molecule has 1 aliphatic rings. The van der Waals surface area contributed by atoms with E-state index in [0.29, 0.717) is 23.2 Å². The minimum Gasteiger partial charge on any atom is -0.339 e. The van der Waals surface area contributed by atoms with Crippen LogP contribution in [0, 0.1) is 0 Å². The summed E-state index contributed by atoms with van der Waals surface area (Å²) in [6, 6.07) is 11.6. The van der Waals surface area contributed by atoms with Gasteiger partial charge in [0, 0.05) is 30.5 Å². The Labute approximate surface area is 179 Å². The molecule has 5 rings (SSSR count). The van der Waals surface area contributed by atoms with Crippen LogP contribution in [0.15, 0.2) is 42.6 Å². The molecular weight excluding hydrogens is 411 g/mol. The smallest absolute Gasteiger partial charge is 0.232 e. The van der Waals surface area contributed by atoms with Crippen molar-refractivity contribution in [1.82, 2.24) is 30.5 Å². The molecule has 0 spiro atoms. The number of para-hydroxylation sites is 1. The van der Waals surface area contributed by atoms with Gasteiger partial charge in [-0.05, 0) is 37.1 Å². The highest BCUT2D eigenvalue weighted by atomic mass is 31.2. The van der Waals surface area contributed by atoms with Crippen LogP contribution in [0.2, 0.25) is 0 Å². The van der Waals surface area contributed by atoms with Crippen LogP contribution in [-0.2, 0) is 17.5 Å². The van der Waals surface area contributed by atoms with Crippen molar-refractivity contribution in [3.63, 3.8) is 0 Å². The monoisotopic (exact) mass is 434 g/mol. The van der Waals surface area contributed by atoms with Gasteiger partial charge < -0.3 is 20.5 Å². The third kappa shape index (κ3) is 4.02. The van der Waals surface area contributed by atoms with Crippen molar-refractivity contribution in [2.75, 3.05) is 30.5 Å². The van der Waals surface area contributed by atoms with Crippen LogP contribution in [0.25, 0.3) is 11.0 Å². The Kier molecular flexibility index (Phi) is 4.92. The molecular formula is C21H23N8OP. The molecule has 0 aliphatic carbocycles. The zero-order chi connectivity index (χ0) is 21.4. The average Bonchev–Trinajstić information content (AvgIpc) is 3.22. The maximum absolute atomic E-state index is 12.8. The van der Waals surface area contributed by atoms with Crippen molar-refractivity contribution in [2.24, 2.45) is 0 Å². The van der Waals surface area contributed by atoms with Crippen LogP contribution >= 0.6 is 7.14 Å². The number of aromatic nitrogens is 5. The van der Waals surface area contributed by atoms with E-state index in [1.54, 1.807) is 19.5 Å². The van der Waals surface area contributed by atoms with E-state index in [0.717, 1.165) is 41.6 Å². The zero-order valence-corrected chi connectivity index (χ0v) is 18.2. The van der Waals surface area contributed by atoms with Gasteiger partial charge in [0.05, 0.1) is 17.3 Å². The molecule has 10 heteroatoms. The van der Waals surface area contributed by atoms with Gasteiger partial charge in [0.2, 0.25) is 5.95 Å². The molecule has 4 heterocycles. The summed E-state index contributed by atoms with van der Waals surface area (Å²) in [6.07, 6.45) is 2.56. The molecule has 0 amide bonds. The molecule has 1 aromatic carbocycles. The van der Waals surface area contributed by atoms with Gasteiger partial charge in [0.25, 0.3) is 0 Å². The maximum Gasteiger partial charge on any atom is 0.232 e. The highest BCUT2D eigenvalue weighted by Crippen LogP contribution is 2.38. The van der Waals surface area contributed by atoms with Crippen molar-refractivity contribution >= 4 is 46.8 Å². The number of benzene rings is 1. The Balaban J connectivity index is 1.51. The third-order valence-electron chi connectivity index (χ3n) is 5.21. The Hall–Kier alpha value is -3.29. The molecule has 0 atom stereocenters. The first-order chi connectivity index (χ1) is 15.0. The van der Waals surface area contributed by atoms with E-state index < -0.39 is 7.14 Å². The highest BCUT2D eigenvalue weighted by molar-refractivity contribution is 7.70. The lowest BCUT2D eigenvalue weighted by Crippen LogP contribution is -2.24. The Morgan fingerprint density at radius 1 is 1.03 bits per heavy atom. The first kappa shape index (κ1) is 19.7. The second kappa shape index (κ2) is 7.76. The van der Waals surface area contributed by atoms with Crippen molar-refractivity contribution in [1.29, 1.82) is 0 Å². The van der Waals surface area contributed by atoms with Gasteiger partial charge in [-0.3, -0.25) is 5.10 Å². The van der Waals surface area contributed by atoms with Gasteiger partial charge in [-0.1, -0.05) is 18.2 Å². The Morgan fingerprint density at radius 3 is 2.77 bits per heavy atom. The molecule has 1 aliphatic heterocycles. The number of fused-ring (bicyclic) bond motifs is 2. The fourth-order valence-corrected chi connectivity index (χ4v) is 4.84. The number of H-pyrrole nitrogens is 1. The van der Waals surface area contributed by atoms with E-state index in [1.807, 2.05) is 30.3 Å². The van der Waals surface area contributed by atoms with Gasteiger partial charge in [0.15, 0.2) is 5.65 Å². The molecule has 4 N–H and O–H groups in total. The minimum absolute atomic E-state index is 0.397. The largest absolute Gasteiger partial charge is 0.339 e. The van der Waals surface area contributed by atoms with Gasteiger partial charge in [0.1, 0.15) is 18.8 Å². The SMILES string of the molecule is CP(C)(=O)c1ccccc1Nc1nc(Nc2ccc3c(n2)CCNC3)nc2[nH]ncc12. The summed E-state index contributed by atoms with van der Waals surface area (Å²) in [7, 11) is -2.48. The summed E-state index contributed by atoms with van der Waals surface area (Å²) in [4.78, 5) is 13.9. The Bertz CT molecular complexity index is 1310. The first-order valence-corrected chi connectivity index (χ1v) is 12.7. The summed E-state index contributed by atoms with van der Waals surface area (Å²) in [6.45, 7) is 5.27. The first-order valence-electron chi connectivity index (χ1n) is 10.1. The number of nitrogens with one attached hydrogen (secondary N) is 4. The van der Waals surface area contributed by atoms with Gasteiger partial charge in [-0.25, -0.2) is 4.98 Å². The maximum atomic E-state index is 12.8. The number of hydrogen-bond acceptors (Lipinski definition) is 8. The van der Waals surface area contributed by atoms with E-state index in [1.165, 1.54) is 5.56 Å². The van der Waals surface area contributed by atoms with E-state index >= 15 is 0 Å². The quantitative estimate of drug-likeness (QED) is 0.354. The molecule has 4 aromatic rings. The van der Waals surface area contributed by atoms with E-state index in [-0.39, 0.29) is 0 Å². The average molecular weight is 434 g/mol. The standard InChI is InChI=1S/C21H23N8OP/c1-31(2,30)17-6-4-3-5-16(17)25-19-14-12-23-29-20(14)28-21(27-19)26-18-8-7-13-11-22-10-9-15(13)24-18/h3-8,12,22H,9-11H2,1-2H3,(H3,23,24,25,26,27,28,29). The molecule has 31 heavy (non-hydrogen) atoms. The molecule has 0 unspecified atom stereocenters. The van der Waals surface area contributed by atoms with E-state index in [2.05, 4.69) is 42.2 Å². The molecule has 0 saturated heterocycles. The summed E-state index contributed by atoms with van der Waals surface area (Å²) in [5.41, 5.74) is 3.64. The van der Waals surface area contributed by atoms with E-state index in [4.69, 9.17) is 4.98 Å². The topological polar surface area (TPSA) is 121 Å². The normalized spacial score (nSPS) is 13.7. The number of pyridine rings is 1. The predicted molar refractivity (Wildman–Crippen MR) is 123 cm³/mol. The van der Waals surface area contributed by atoms with Crippen LogP contribution < -0.4 is 21.3 Å². The minimum atomic E-state index is -2.48. The van der Waals surface area contributed by atoms with Crippen molar-refractivity contribution < 1.29 is 4.57 Å². The van der Waals surface area contributed by atoms with Gasteiger partial charge >= 0.3 is 0 Å². The molecule has 0 bridgehead atoms. The second-order valence-electron chi connectivity index (χ2n) is 7.88. The molecule has 158 valence electrons. The number of anilines is 4. The summed E-state index contributed by atoms with van der Waals surface area (Å²) >= 11 is 0. The van der Waals surface area contributed by atoms with Crippen LogP contribution in [-0.4, -0.2) is 45.0 Å². The number of nitrogens with zero attached hydrogens (tertiary/aromatic N) is 4. The van der Waals surface area contributed by atoms with Crippen LogP contribution in [0.4, 0.5) is 23.3 Å². The highest BCUT2D eigenvalue weighted by Gasteiger charge is 2.18. The number of aromatic amines is 1. The predicted octanol–water partition coefficient (Wildman–Crippen LogP) is 3.13. The lowest BCUT2D eigenvalue weighted by Gasteiger charge is -2.17. The van der Waals surface area contributed by atoms with Gasteiger partial charge in [-0.2, -0.15) is 15.1 Å². The fraction of sp³-hybridized carbons (Fsp3) is 0.238. The molecule has 9 nitrogen and oxygen atoms in total. The fourth-order valence-electron chi connectivity index (χ4n) is 3.68. The van der Waals surface area contributed by atoms with Gasteiger partial charge in [-0.15, -0.1) is 0 Å². The van der Waals surface area contributed by atoms with E-state index in [9.17, 15) is 4.57 Å². The number of rotatable bonds is 5. The van der Waals surface area contributed by atoms with Crippen LogP contribution in [0.5, 0.6) is 0 Å². The molecule has 0 radical (unpaired) electrons. The van der Waals surface area contributed by atoms with Crippen LogP contribution in [0.3, 0.4) is 0 Å². The zero-order valence-electron chi connectivity index (χ0n) is 17.3. The Morgan fingerprint density at radius 2 is 1.90 bits per heavy atom. The third-order valence-corrected chi connectivity index (χ3v) is 6.76. The molecule has 0 fully saturated rings. The summed E-state index contributed by atoms with van der Waals surface area (Å²) in [5.74, 6) is 1.66. The number of hydrogen-bond donors (Lipinski definition) is 4. The lowest BCUT2D eigenvalue weighted by atomic mass is 10.1. The lowest BCUT2D eigenvalue weighted by molar-refractivity contribution is 0.588. The van der Waals surface area contributed by atoms with Crippen molar-refractivity contribution in [3.8, 4) is 0 Å². The van der Waals surface area contributed by atoms with Crippen molar-refractivity contribution in [2.45, 2.75) is 13.0 Å². The summed E-state index contributed by atoms with van der Waals surface area (Å²) < 4.78 is 12.8. The second-order valence-corrected chi connectivity index (χ2v) is 11.1. The van der Waals surface area contributed by atoms with Crippen molar-refractivity contribution in [3.05, 3.63) is 53.9 Å². The summed E-state index contributed by atoms with van der Waals surface area (Å²) in [5, 5.41) is 18.4. The molecule has 3 aromatic heterocycles. The van der Waals surface area contributed by atoms with Crippen LogP contribution in [0.1, 0.15) is 11.3 Å².